The molecule has 8 nitrogen and oxygen atoms in total. The molecule has 0 saturated heterocycles. The molecule has 0 fully saturated rings. The Morgan fingerprint density at radius 1 is 1.62 bits per heavy atom. The van der Waals surface area contributed by atoms with Crippen molar-refractivity contribution < 1.29 is 9.94 Å². The van der Waals surface area contributed by atoms with E-state index in [0.29, 0.717) is 5.65 Å². The van der Waals surface area contributed by atoms with Gasteiger partial charge in [-0.3, -0.25) is 0 Å². The van der Waals surface area contributed by atoms with Crippen LogP contribution in [-0.2, 0) is 0 Å². The van der Waals surface area contributed by atoms with E-state index in [1.54, 1.807) is 0 Å². The first-order valence-electron chi connectivity index (χ1n) is 3.61. The molecular weight excluding hydrogens is 176 g/mol. The first kappa shape index (κ1) is 7.80. The second-order valence-electron chi connectivity index (χ2n) is 2.30. The Morgan fingerprint density at radius 2 is 2.46 bits per heavy atom. The third-order valence-electron chi connectivity index (χ3n) is 1.45. The zero-order valence-electron chi connectivity index (χ0n) is 6.66. The van der Waals surface area contributed by atoms with Crippen molar-refractivity contribution in [3.63, 3.8) is 0 Å². The number of aliphatic hydroxyl groups excluding tert-OH is 1. The maximum Gasteiger partial charge on any atom is 0.238 e. The average molecular weight is 184 g/mol. The fourth-order valence-corrected chi connectivity index (χ4v) is 0.937. The molecule has 8 heteroatoms. The normalized spacial score (nSPS) is 10.8. The number of anilines is 1. The quantitative estimate of drug-likeness (QED) is 0.568. The summed E-state index contributed by atoms with van der Waals surface area (Å²) in [6.45, 7) is 0.0510. The monoisotopic (exact) mass is 184 g/mol. The SMILES string of the molecule is Nc1nnn2cnn(OCCO)c12. The van der Waals surface area contributed by atoms with Gasteiger partial charge in [-0.2, -0.15) is 4.52 Å². The number of aromatic nitrogens is 5. The van der Waals surface area contributed by atoms with Crippen LogP contribution in [0.15, 0.2) is 6.33 Å². The Morgan fingerprint density at radius 3 is 3.23 bits per heavy atom. The van der Waals surface area contributed by atoms with E-state index in [0.717, 1.165) is 0 Å². The van der Waals surface area contributed by atoms with Crippen LogP contribution in [0.4, 0.5) is 5.82 Å². The van der Waals surface area contributed by atoms with Gasteiger partial charge in [0.15, 0.2) is 5.82 Å². The highest BCUT2D eigenvalue weighted by Crippen LogP contribution is 2.05. The number of aliphatic hydroxyl groups is 1. The number of nitrogens with zero attached hydrogens (tertiary/aromatic N) is 5. The minimum absolute atomic E-state index is 0.0898. The van der Waals surface area contributed by atoms with Crippen LogP contribution in [-0.4, -0.2) is 43.1 Å². The molecule has 0 bridgehead atoms. The van der Waals surface area contributed by atoms with Crippen molar-refractivity contribution in [3.05, 3.63) is 6.33 Å². The highest BCUT2D eigenvalue weighted by atomic mass is 16.7. The highest BCUT2D eigenvalue weighted by Gasteiger charge is 2.09. The molecule has 70 valence electrons. The van der Waals surface area contributed by atoms with Crippen LogP contribution in [0.2, 0.25) is 0 Å². The van der Waals surface area contributed by atoms with Gasteiger partial charge in [0.1, 0.15) is 12.9 Å². The summed E-state index contributed by atoms with van der Waals surface area (Å²) in [6, 6.07) is 0. The molecule has 0 saturated carbocycles. The minimum Gasteiger partial charge on any atom is -0.393 e. The van der Waals surface area contributed by atoms with Gasteiger partial charge in [-0.15, -0.1) is 10.2 Å². The summed E-state index contributed by atoms with van der Waals surface area (Å²) < 4.78 is 1.38. The van der Waals surface area contributed by atoms with E-state index in [4.69, 9.17) is 15.7 Å². The Labute approximate surface area is 72.5 Å². The third-order valence-corrected chi connectivity index (χ3v) is 1.45. The van der Waals surface area contributed by atoms with Crippen LogP contribution < -0.4 is 10.6 Å². The lowest BCUT2D eigenvalue weighted by Gasteiger charge is -2.01. The molecule has 13 heavy (non-hydrogen) atoms. The molecule has 3 N–H and O–H groups in total. The van der Waals surface area contributed by atoms with Crippen LogP contribution >= 0.6 is 0 Å². The van der Waals surface area contributed by atoms with Crippen molar-refractivity contribution in [2.45, 2.75) is 0 Å². The van der Waals surface area contributed by atoms with Crippen LogP contribution in [0.5, 0.6) is 0 Å². The summed E-state index contributed by atoms with van der Waals surface area (Å²) in [4.78, 5) is 6.19. The summed E-state index contributed by atoms with van der Waals surface area (Å²) in [5.41, 5.74) is 5.95. The molecule has 0 unspecified atom stereocenters. The molecule has 0 aliphatic carbocycles. The predicted octanol–water partition coefficient (Wildman–Crippen LogP) is -2.07. The van der Waals surface area contributed by atoms with Crippen LogP contribution in [0.3, 0.4) is 0 Å². The van der Waals surface area contributed by atoms with Gasteiger partial charge in [-0.05, 0) is 0 Å². The van der Waals surface area contributed by atoms with Crippen molar-refractivity contribution in [1.29, 1.82) is 0 Å². The number of nitrogen functional groups attached to an aromatic ring is 1. The molecule has 0 aliphatic heterocycles. The number of rotatable bonds is 3. The summed E-state index contributed by atoms with van der Waals surface area (Å²) >= 11 is 0. The molecule has 0 amide bonds. The molecule has 0 aliphatic rings. The zero-order chi connectivity index (χ0) is 9.26. The summed E-state index contributed by atoms with van der Waals surface area (Å²) in [5.74, 6) is 0.232. The van der Waals surface area contributed by atoms with Crippen LogP contribution in [0, 0.1) is 0 Å². The largest absolute Gasteiger partial charge is 0.393 e. The van der Waals surface area contributed by atoms with E-state index in [1.165, 1.54) is 15.7 Å². The van der Waals surface area contributed by atoms with Gasteiger partial charge >= 0.3 is 0 Å². The fourth-order valence-electron chi connectivity index (χ4n) is 0.937. The maximum atomic E-state index is 8.52. The topological polar surface area (TPSA) is 103 Å². The number of fused-ring (bicyclic) bond motifs is 1. The number of hydrogen-bond donors (Lipinski definition) is 2. The van der Waals surface area contributed by atoms with Gasteiger partial charge in [0.25, 0.3) is 0 Å². The molecule has 2 heterocycles. The van der Waals surface area contributed by atoms with Gasteiger partial charge in [0, 0.05) is 0 Å². The van der Waals surface area contributed by atoms with E-state index in [2.05, 4.69) is 15.4 Å². The van der Waals surface area contributed by atoms with E-state index >= 15 is 0 Å². The van der Waals surface area contributed by atoms with Crippen molar-refractivity contribution in [3.8, 4) is 0 Å². The molecule has 2 rings (SSSR count). The van der Waals surface area contributed by atoms with Crippen molar-refractivity contribution >= 4 is 11.5 Å². The smallest absolute Gasteiger partial charge is 0.238 e. The van der Waals surface area contributed by atoms with E-state index in [1.807, 2.05) is 0 Å². The van der Waals surface area contributed by atoms with E-state index in [-0.39, 0.29) is 19.0 Å². The summed E-state index contributed by atoms with van der Waals surface area (Å²) in [5, 5.41) is 19.6. The lowest BCUT2D eigenvalue weighted by Crippen LogP contribution is -2.17. The third kappa shape index (κ3) is 1.16. The van der Waals surface area contributed by atoms with Gasteiger partial charge in [0.2, 0.25) is 5.65 Å². The van der Waals surface area contributed by atoms with Gasteiger partial charge in [-0.1, -0.05) is 10.1 Å². The second kappa shape index (κ2) is 2.90. The van der Waals surface area contributed by atoms with Gasteiger partial charge in [0.05, 0.1) is 6.61 Å². The lowest BCUT2D eigenvalue weighted by molar-refractivity contribution is 0.0614. The Kier molecular flexibility index (Phi) is 1.74. The van der Waals surface area contributed by atoms with Crippen LogP contribution in [0.1, 0.15) is 0 Å². The Hall–Kier alpha value is -1.83. The summed E-state index contributed by atoms with van der Waals surface area (Å²) in [6.07, 6.45) is 1.41. The van der Waals surface area contributed by atoms with Crippen molar-refractivity contribution in [2.75, 3.05) is 18.9 Å². The molecule has 0 aromatic carbocycles. The molecule has 2 aromatic rings. The van der Waals surface area contributed by atoms with Crippen molar-refractivity contribution in [1.82, 2.24) is 24.8 Å². The van der Waals surface area contributed by atoms with Crippen LogP contribution in [0.25, 0.3) is 5.65 Å². The standard InChI is InChI=1S/C5H8N6O2/c6-4-5-10(9-8-4)3-7-11(5)13-2-1-12/h3,12H,1-2,6H2. The molecule has 2 aromatic heterocycles. The zero-order valence-corrected chi connectivity index (χ0v) is 6.66. The number of nitrogens with two attached hydrogens (primary N) is 1. The Balaban J connectivity index is 2.38. The van der Waals surface area contributed by atoms with E-state index < -0.39 is 0 Å². The predicted molar refractivity (Wildman–Crippen MR) is 41.7 cm³/mol. The first-order valence-corrected chi connectivity index (χ1v) is 3.61. The van der Waals surface area contributed by atoms with Gasteiger partial charge < -0.3 is 15.7 Å². The molecule has 0 atom stereocenters. The molecule has 0 spiro atoms. The van der Waals surface area contributed by atoms with E-state index in [9.17, 15) is 0 Å². The average Bonchev–Trinajstić information content (AvgIpc) is 2.67. The molecule has 0 radical (unpaired) electrons. The minimum atomic E-state index is -0.0898. The fraction of sp³-hybridized carbons (Fsp3) is 0.400. The lowest BCUT2D eigenvalue weighted by atomic mass is 10.7. The first-order chi connectivity index (χ1) is 6.33. The Bertz CT molecular complexity index is 406. The maximum absolute atomic E-state index is 8.52. The molecular formula is C5H8N6O2. The number of hydrogen-bond acceptors (Lipinski definition) is 6. The summed E-state index contributed by atoms with van der Waals surface area (Å²) in [7, 11) is 0. The second-order valence-corrected chi connectivity index (χ2v) is 2.30. The van der Waals surface area contributed by atoms with Crippen molar-refractivity contribution in [2.24, 2.45) is 0 Å². The highest BCUT2D eigenvalue weighted by molar-refractivity contribution is 5.57. The van der Waals surface area contributed by atoms with Gasteiger partial charge in [-0.25, -0.2) is 0 Å².